The molecule has 1 aliphatic carbocycles. The van der Waals surface area contributed by atoms with Crippen molar-refractivity contribution in [3.63, 3.8) is 0 Å². The molecule has 2 aliphatic rings. The van der Waals surface area contributed by atoms with Gasteiger partial charge >= 0.3 is 6.03 Å². The lowest BCUT2D eigenvalue weighted by Gasteiger charge is -2.19. The fourth-order valence-electron chi connectivity index (χ4n) is 3.11. The van der Waals surface area contributed by atoms with E-state index in [4.69, 9.17) is 0 Å². The van der Waals surface area contributed by atoms with Crippen molar-refractivity contribution in [1.82, 2.24) is 30.5 Å². The molecule has 11 heteroatoms. The topological polar surface area (TPSA) is 109 Å². The summed E-state index contributed by atoms with van der Waals surface area (Å²) in [6, 6.07) is 3.84. The molecule has 1 atom stereocenters. The zero-order valence-electron chi connectivity index (χ0n) is 16.2. The first-order chi connectivity index (χ1) is 13.9. The van der Waals surface area contributed by atoms with Crippen LogP contribution in [0.15, 0.2) is 22.7 Å². The largest absolute Gasteiger partial charge is 0.344 e. The van der Waals surface area contributed by atoms with Crippen LogP contribution in [-0.4, -0.2) is 48.9 Å². The average molecular weight is 435 g/mol. The third-order valence-electron chi connectivity index (χ3n) is 5.10. The summed E-state index contributed by atoms with van der Waals surface area (Å²) in [5, 5.41) is 14.7. The van der Waals surface area contributed by atoms with Crippen molar-refractivity contribution in [1.29, 1.82) is 0 Å². The third-order valence-corrected chi connectivity index (χ3v) is 6.92. The van der Waals surface area contributed by atoms with Gasteiger partial charge in [-0.15, -0.1) is 21.5 Å². The number of thiophene rings is 1. The summed E-state index contributed by atoms with van der Waals surface area (Å²) in [5.74, 6) is 0.0291. The van der Waals surface area contributed by atoms with Gasteiger partial charge in [0.25, 0.3) is 5.91 Å². The Labute approximate surface area is 176 Å². The van der Waals surface area contributed by atoms with E-state index in [1.807, 2.05) is 11.4 Å². The Morgan fingerprint density at radius 3 is 2.83 bits per heavy atom. The highest BCUT2D eigenvalue weighted by atomic mass is 32.2. The lowest BCUT2D eigenvalue weighted by Crippen LogP contribution is -2.49. The highest BCUT2D eigenvalue weighted by molar-refractivity contribution is 7.99. The van der Waals surface area contributed by atoms with Crippen molar-refractivity contribution in [3.05, 3.63) is 28.2 Å². The predicted molar refractivity (Wildman–Crippen MR) is 108 cm³/mol. The number of carbonyl (C=O) groups excluding carboxylic acids is 3. The van der Waals surface area contributed by atoms with E-state index in [0.717, 1.165) is 23.7 Å². The highest BCUT2D eigenvalue weighted by Crippen LogP contribution is 2.39. The van der Waals surface area contributed by atoms with E-state index < -0.39 is 23.4 Å². The van der Waals surface area contributed by atoms with E-state index >= 15 is 0 Å². The Balaban J connectivity index is 1.39. The molecule has 1 saturated carbocycles. The van der Waals surface area contributed by atoms with Crippen molar-refractivity contribution < 1.29 is 14.4 Å². The SMILES string of the molecule is CC[C@@]1(C)NC(=O)N(NC(=O)CSc2nnc(Cc3cccs3)n2C2CC2)C1=O. The number of hydrogen-bond acceptors (Lipinski definition) is 7. The molecule has 2 aromatic heterocycles. The first kappa shape index (κ1) is 19.9. The van der Waals surface area contributed by atoms with Crippen LogP contribution >= 0.6 is 23.1 Å². The third kappa shape index (κ3) is 4.01. The first-order valence-electron chi connectivity index (χ1n) is 9.46. The van der Waals surface area contributed by atoms with E-state index in [0.29, 0.717) is 24.0 Å². The van der Waals surface area contributed by atoms with Gasteiger partial charge < -0.3 is 9.88 Å². The van der Waals surface area contributed by atoms with E-state index in [-0.39, 0.29) is 5.75 Å². The van der Waals surface area contributed by atoms with Crippen molar-refractivity contribution in [3.8, 4) is 0 Å². The fourth-order valence-corrected chi connectivity index (χ4v) is 4.63. The van der Waals surface area contributed by atoms with Crippen LogP contribution in [0.25, 0.3) is 0 Å². The zero-order valence-corrected chi connectivity index (χ0v) is 17.8. The van der Waals surface area contributed by atoms with Crippen LogP contribution in [0, 0.1) is 0 Å². The van der Waals surface area contributed by atoms with Gasteiger partial charge in [0, 0.05) is 17.3 Å². The average Bonchev–Trinajstić information content (AvgIpc) is 3.17. The Bertz CT molecular complexity index is 940. The summed E-state index contributed by atoms with van der Waals surface area (Å²) in [7, 11) is 0. The Kier molecular flexibility index (Phi) is 5.34. The van der Waals surface area contributed by atoms with Gasteiger partial charge in [0.1, 0.15) is 11.4 Å². The minimum Gasteiger partial charge on any atom is -0.322 e. The second kappa shape index (κ2) is 7.79. The summed E-state index contributed by atoms with van der Waals surface area (Å²) in [4.78, 5) is 38.0. The normalized spacial score (nSPS) is 21.5. The molecular weight excluding hydrogens is 412 g/mol. The number of rotatable bonds is 8. The number of hydrazine groups is 1. The fraction of sp³-hybridized carbons (Fsp3) is 0.500. The summed E-state index contributed by atoms with van der Waals surface area (Å²) in [6.07, 6.45) is 3.31. The molecule has 1 saturated heterocycles. The Morgan fingerprint density at radius 1 is 1.41 bits per heavy atom. The van der Waals surface area contributed by atoms with Crippen molar-refractivity contribution in [2.75, 3.05) is 5.75 Å². The molecule has 2 aromatic rings. The number of amides is 4. The number of nitrogens with one attached hydrogen (secondary N) is 2. The van der Waals surface area contributed by atoms with Crippen LogP contribution in [0.1, 0.15) is 49.9 Å². The standard InChI is InChI=1S/C18H22N6O3S2/c1-3-18(2)15(26)24(16(27)19-18)22-14(25)10-29-17-21-20-13(23(17)11-6-7-11)9-12-5-4-8-28-12/h4-5,8,11H,3,6-7,9-10H2,1-2H3,(H,19,27)(H,22,25)/t18-/m1/s1. The molecule has 9 nitrogen and oxygen atoms in total. The molecule has 1 aliphatic heterocycles. The Morgan fingerprint density at radius 2 is 2.21 bits per heavy atom. The van der Waals surface area contributed by atoms with Crippen LogP contribution in [0.2, 0.25) is 0 Å². The monoisotopic (exact) mass is 434 g/mol. The van der Waals surface area contributed by atoms with Gasteiger partial charge in [-0.2, -0.15) is 5.01 Å². The molecule has 3 heterocycles. The van der Waals surface area contributed by atoms with Crippen LogP contribution < -0.4 is 10.7 Å². The molecule has 0 aromatic carbocycles. The minimum atomic E-state index is -0.986. The lowest BCUT2D eigenvalue weighted by atomic mass is 10.00. The molecule has 4 amide bonds. The van der Waals surface area contributed by atoms with E-state index in [1.54, 1.807) is 25.2 Å². The van der Waals surface area contributed by atoms with Gasteiger partial charge in [0.2, 0.25) is 5.91 Å². The number of hydrogen-bond donors (Lipinski definition) is 2. The Hall–Kier alpha value is -2.40. The van der Waals surface area contributed by atoms with Gasteiger partial charge in [-0.3, -0.25) is 15.0 Å². The van der Waals surface area contributed by atoms with Gasteiger partial charge in [-0.1, -0.05) is 24.8 Å². The molecular formula is C18H22N6O3S2. The highest BCUT2D eigenvalue weighted by Gasteiger charge is 2.47. The number of aromatic nitrogens is 3. The van der Waals surface area contributed by atoms with Gasteiger partial charge in [-0.05, 0) is 37.6 Å². The van der Waals surface area contributed by atoms with Gasteiger partial charge in [0.15, 0.2) is 5.16 Å². The summed E-state index contributed by atoms with van der Waals surface area (Å²) in [5.41, 5.74) is 1.42. The quantitative estimate of drug-likeness (QED) is 0.487. The molecule has 4 rings (SSSR count). The first-order valence-corrected chi connectivity index (χ1v) is 11.3. The van der Waals surface area contributed by atoms with Crippen LogP contribution in [0.3, 0.4) is 0 Å². The second-order valence-corrected chi connectivity index (χ2v) is 9.31. The van der Waals surface area contributed by atoms with Gasteiger partial charge in [-0.25, -0.2) is 4.79 Å². The number of carbonyl (C=O) groups is 3. The molecule has 0 unspecified atom stereocenters. The summed E-state index contributed by atoms with van der Waals surface area (Å²) in [6.45, 7) is 3.44. The summed E-state index contributed by atoms with van der Waals surface area (Å²) >= 11 is 2.94. The van der Waals surface area contributed by atoms with Gasteiger partial charge in [0.05, 0.1) is 5.75 Å². The maximum absolute atomic E-state index is 12.4. The lowest BCUT2D eigenvalue weighted by molar-refractivity contribution is -0.137. The molecule has 29 heavy (non-hydrogen) atoms. The number of nitrogens with zero attached hydrogens (tertiary/aromatic N) is 4. The minimum absolute atomic E-state index is 0.0315. The molecule has 2 fully saturated rings. The maximum atomic E-state index is 12.4. The zero-order chi connectivity index (χ0) is 20.6. The summed E-state index contributed by atoms with van der Waals surface area (Å²) < 4.78 is 2.11. The van der Waals surface area contributed by atoms with E-state index in [2.05, 4.69) is 31.6 Å². The molecule has 0 radical (unpaired) electrons. The smallest absolute Gasteiger partial charge is 0.322 e. The molecule has 0 bridgehead atoms. The van der Waals surface area contributed by atoms with Crippen molar-refractivity contribution in [2.45, 2.75) is 56.3 Å². The van der Waals surface area contributed by atoms with Crippen molar-refractivity contribution in [2.24, 2.45) is 0 Å². The van der Waals surface area contributed by atoms with E-state index in [9.17, 15) is 14.4 Å². The molecule has 2 N–H and O–H groups in total. The molecule has 154 valence electrons. The molecule has 0 spiro atoms. The van der Waals surface area contributed by atoms with Crippen molar-refractivity contribution >= 4 is 40.9 Å². The predicted octanol–water partition coefficient (Wildman–Crippen LogP) is 2.11. The number of imide groups is 1. The van der Waals surface area contributed by atoms with E-state index in [1.165, 1.54) is 16.6 Å². The maximum Gasteiger partial charge on any atom is 0.344 e. The second-order valence-electron chi connectivity index (χ2n) is 7.34. The van der Waals surface area contributed by atoms with Crippen LogP contribution in [0.5, 0.6) is 0 Å². The van der Waals surface area contributed by atoms with Crippen LogP contribution in [-0.2, 0) is 16.0 Å². The number of thioether (sulfide) groups is 1. The number of urea groups is 1. The van der Waals surface area contributed by atoms with Crippen LogP contribution in [0.4, 0.5) is 4.79 Å².